The minimum absolute atomic E-state index is 0.0546. The Balaban J connectivity index is 0.00000139. The lowest BCUT2D eigenvalue weighted by Crippen LogP contribution is -2.57. The van der Waals surface area contributed by atoms with E-state index in [4.69, 9.17) is 22.3 Å². The molecule has 2 aromatic heterocycles. The summed E-state index contributed by atoms with van der Waals surface area (Å²) in [5, 5.41) is 5.86. The number of urea groups is 1. The molecular weight excluding hydrogens is 758 g/mol. The van der Waals surface area contributed by atoms with Gasteiger partial charge in [-0.1, -0.05) is 49.1 Å². The molecule has 300 valence electrons. The quantitative estimate of drug-likeness (QED) is 0.203. The van der Waals surface area contributed by atoms with Gasteiger partial charge in [0.2, 0.25) is 5.91 Å². The van der Waals surface area contributed by atoms with Crippen molar-refractivity contribution in [2.24, 2.45) is 11.1 Å². The van der Waals surface area contributed by atoms with Crippen LogP contribution in [0.1, 0.15) is 69.9 Å². The molecule has 10 rings (SSSR count). The number of pyridine rings is 1. The third-order valence-electron chi connectivity index (χ3n) is 11.8. The molecule has 5 N–H and O–H groups in total. The Hall–Kier alpha value is -5.93. The first-order valence-electron chi connectivity index (χ1n) is 19.9. The van der Waals surface area contributed by atoms with E-state index in [2.05, 4.69) is 67.3 Å². The molecule has 1 saturated carbocycles. The topological polar surface area (TPSA) is 174 Å². The first-order chi connectivity index (χ1) is 28.1. The number of nitrogens with two attached hydrogens (primary N) is 1. The number of primary amides is 1. The van der Waals surface area contributed by atoms with Gasteiger partial charge in [-0.25, -0.2) is 14.5 Å². The van der Waals surface area contributed by atoms with Crippen LogP contribution in [0.4, 0.5) is 16.2 Å². The summed E-state index contributed by atoms with van der Waals surface area (Å²) in [5.41, 5.74) is 16.6. The molecule has 5 amide bonds. The maximum atomic E-state index is 13.6. The van der Waals surface area contributed by atoms with E-state index < -0.39 is 11.9 Å². The normalized spacial score (nSPS) is 20.3. The van der Waals surface area contributed by atoms with Crippen LogP contribution < -0.4 is 31.6 Å². The Labute approximate surface area is 341 Å². The maximum Gasteiger partial charge on any atom is 0.328 e. The predicted molar refractivity (Wildman–Crippen MR) is 221 cm³/mol. The molecule has 4 fully saturated rings. The van der Waals surface area contributed by atoms with Gasteiger partial charge in [0.25, 0.3) is 11.8 Å². The number of aromatic nitrogens is 3. The minimum atomic E-state index is -0.551. The molecule has 0 bridgehead atoms. The SMILES string of the molecule is C1CC1.CNC1=CC(N2CCc3c(-c4ccc(CN5CC6(CCN(C(=O)c7ccc(Cl)c(N8CCC(=O)NC8=O)c7)C6)C5)cn4)cccc32)Nn2c(C(N)=O)cnc21. The third kappa shape index (κ3) is 7.13. The largest absolute Gasteiger partial charge is 0.385 e. The number of amides is 5. The van der Waals surface area contributed by atoms with E-state index in [1.165, 1.54) is 35.9 Å². The van der Waals surface area contributed by atoms with E-state index in [0.717, 1.165) is 67.2 Å². The second-order valence-corrected chi connectivity index (χ2v) is 16.4. The van der Waals surface area contributed by atoms with Crippen LogP contribution in [0.2, 0.25) is 5.02 Å². The van der Waals surface area contributed by atoms with Crippen LogP contribution in [0, 0.1) is 5.41 Å². The number of hydrogen-bond donors (Lipinski definition) is 4. The lowest BCUT2D eigenvalue weighted by Gasteiger charge is -2.48. The lowest BCUT2D eigenvalue weighted by atomic mass is 9.79. The number of halogens is 1. The van der Waals surface area contributed by atoms with Gasteiger partial charge < -0.3 is 20.9 Å². The summed E-state index contributed by atoms with van der Waals surface area (Å²) in [6.07, 6.45) is 11.7. The van der Waals surface area contributed by atoms with Crippen LogP contribution in [0.5, 0.6) is 0 Å². The molecule has 1 aliphatic carbocycles. The van der Waals surface area contributed by atoms with Gasteiger partial charge in [-0.05, 0) is 60.4 Å². The summed E-state index contributed by atoms with van der Waals surface area (Å²) in [4.78, 5) is 67.1. The number of nitrogens with one attached hydrogen (secondary N) is 3. The van der Waals surface area contributed by atoms with Crippen LogP contribution in [-0.4, -0.2) is 101 Å². The number of anilines is 2. The molecule has 5 aliphatic heterocycles. The second-order valence-electron chi connectivity index (χ2n) is 16.0. The van der Waals surface area contributed by atoms with Crippen molar-refractivity contribution in [2.45, 2.75) is 51.2 Å². The highest BCUT2D eigenvalue weighted by molar-refractivity contribution is 6.34. The number of likely N-dealkylation sites (tertiary alicyclic amines) is 2. The highest BCUT2D eigenvalue weighted by atomic mass is 35.5. The smallest absolute Gasteiger partial charge is 0.328 e. The van der Waals surface area contributed by atoms with E-state index in [1.54, 1.807) is 22.9 Å². The molecule has 1 spiro atoms. The molecule has 58 heavy (non-hydrogen) atoms. The molecule has 16 heteroatoms. The number of carbonyl (C=O) groups excluding carboxylic acids is 4. The van der Waals surface area contributed by atoms with Crippen molar-refractivity contribution in [1.29, 1.82) is 0 Å². The Morgan fingerprint density at radius 2 is 1.79 bits per heavy atom. The van der Waals surface area contributed by atoms with Crippen molar-refractivity contribution in [3.8, 4) is 11.3 Å². The van der Waals surface area contributed by atoms with E-state index in [9.17, 15) is 19.2 Å². The van der Waals surface area contributed by atoms with Gasteiger partial charge >= 0.3 is 6.03 Å². The van der Waals surface area contributed by atoms with Crippen molar-refractivity contribution in [2.75, 3.05) is 61.5 Å². The second kappa shape index (κ2) is 15.1. The average Bonchev–Trinajstić information content (AvgIpc) is 3.74. The van der Waals surface area contributed by atoms with E-state index in [-0.39, 0.29) is 36.4 Å². The van der Waals surface area contributed by atoms with Gasteiger partial charge in [0, 0.05) is 87.7 Å². The molecule has 0 radical (unpaired) electrons. The minimum Gasteiger partial charge on any atom is -0.385 e. The van der Waals surface area contributed by atoms with Gasteiger partial charge in [-0.2, -0.15) is 0 Å². The highest BCUT2D eigenvalue weighted by Gasteiger charge is 2.48. The molecule has 3 saturated heterocycles. The Morgan fingerprint density at radius 1 is 0.966 bits per heavy atom. The molecule has 15 nitrogen and oxygen atoms in total. The van der Waals surface area contributed by atoms with Crippen LogP contribution in [0.25, 0.3) is 17.0 Å². The Kier molecular flexibility index (Phi) is 9.80. The van der Waals surface area contributed by atoms with Crippen molar-refractivity contribution in [3.63, 3.8) is 0 Å². The fourth-order valence-corrected chi connectivity index (χ4v) is 8.96. The van der Waals surface area contributed by atoms with Gasteiger partial charge in [-0.3, -0.25) is 39.9 Å². The van der Waals surface area contributed by atoms with E-state index in [1.807, 2.05) is 18.1 Å². The summed E-state index contributed by atoms with van der Waals surface area (Å²) in [6.45, 7) is 4.91. The molecular formula is C42H46ClN11O4. The van der Waals surface area contributed by atoms with E-state index in [0.29, 0.717) is 40.9 Å². The van der Waals surface area contributed by atoms with Crippen molar-refractivity contribution < 1.29 is 19.2 Å². The van der Waals surface area contributed by atoms with Crippen LogP contribution in [0.15, 0.2) is 67.0 Å². The zero-order valence-electron chi connectivity index (χ0n) is 32.3. The zero-order chi connectivity index (χ0) is 40.1. The summed E-state index contributed by atoms with van der Waals surface area (Å²) >= 11 is 6.42. The number of carbonyl (C=O) groups is 4. The maximum absolute atomic E-state index is 13.6. The van der Waals surface area contributed by atoms with Crippen LogP contribution in [0.3, 0.4) is 0 Å². The van der Waals surface area contributed by atoms with Gasteiger partial charge in [0.15, 0.2) is 5.82 Å². The number of imidazole rings is 1. The number of fused-ring (bicyclic) bond motifs is 2. The Bertz CT molecular complexity index is 2330. The third-order valence-corrected chi connectivity index (χ3v) is 12.1. The van der Waals surface area contributed by atoms with Crippen molar-refractivity contribution in [1.82, 2.24) is 35.1 Å². The molecule has 1 unspecified atom stereocenters. The lowest BCUT2D eigenvalue weighted by molar-refractivity contribution is -0.120. The summed E-state index contributed by atoms with van der Waals surface area (Å²) in [6, 6.07) is 15.0. The number of rotatable bonds is 8. The number of benzene rings is 2. The molecule has 2 aromatic carbocycles. The fourth-order valence-electron chi connectivity index (χ4n) is 8.74. The standard InChI is InChI=1S/C39H40ClN11O4.C3H6/c1-42-29-16-33(46-51-32(35(41)53)18-44-36(29)51)49-12-9-26-25(3-2-4-30(26)49)28-8-5-23(17-43-28)19-47-20-39(21-47)11-14-48(22-39)37(54)24-6-7-27(40)31(15-24)50-13-10-34(52)45-38(50)55;1-2-3-1/h2-8,15-18,33,42,46H,9-14,19-22H2,1H3,(H2,41,53)(H,45,52,55);1-3H2. The average molecular weight is 804 g/mol. The number of imide groups is 1. The van der Waals surface area contributed by atoms with Gasteiger partial charge in [0.1, 0.15) is 11.9 Å². The van der Waals surface area contributed by atoms with Crippen LogP contribution >= 0.6 is 11.6 Å². The Morgan fingerprint density at radius 3 is 2.52 bits per heavy atom. The monoisotopic (exact) mass is 803 g/mol. The van der Waals surface area contributed by atoms with Crippen molar-refractivity contribution in [3.05, 3.63) is 100 Å². The summed E-state index contributed by atoms with van der Waals surface area (Å²) in [5.74, 6) is -0.359. The molecule has 4 aromatic rings. The predicted octanol–water partition coefficient (Wildman–Crippen LogP) is 4.17. The van der Waals surface area contributed by atoms with Gasteiger partial charge in [0.05, 0.1) is 28.3 Å². The molecule has 7 heterocycles. The fraction of sp³-hybridized carbons (Fsp3) is 0.381. The summed E-state index contributed by atoms with van der Waals surface area (Å²) < 4.78 is 1.66. The summed E-state index contributed by atoms with van der Waals surface area (Å²) in [7, 11) is 1.83. The zero-order valence-corrected chi connectivity index (χ0v) is 33.1. The number of nitrogens with zero attached hydrogens (tertiary/aromatic N) is 7. The molecule has 6 aliphatic rings. The van der Waals surface area contributed by atoms with E-state index >= 15 is 0 Å². The van der Waals surface area contributed by atoms with Crippen LogP contribution in [-0.2, 0) is 17.8 Å². The first-order valence-corrected chi connectivity index (χ1v) is 20.3. The highest BCUT2D eigenvalue weighted by Crippen LogP contribution is 2.42. The first kappa shape index (κ1) is 37.6. The van der Waals surface area contributed by atoms with Crippen molar-refractivity contribution >= 4 is 52.4 Å². The van der Waals surface area contributed by atoms with Gasteiger partial charge in [-0.15, -0.1) is 0 Å². The number of hydrogen-bond acceptors (Lipinski definition) is 10. The molecule has 1 atom stereocenters.